The molecule has 4 rings (SSSR count). The van der Waals surface area contributed by atoms with E-state index in [1.165, 1.54) is 4.31 Å². The Balaban J connectivity index is 1.77. The summed E-state index contributed by atoms with van der Waals surface area (Å²) in [6, 6.07) is 6.54. The molecule has 3 atom stereocenters. The fraction of sp³-hybridized carbons (Fsp3) is 0.364. The van der Waals surface area contributed by atoms with Crippen LogP contribution in [0.3, 0.4) is 0 Å². The van der Waals surface area contributed by atoms with Gasteiger partial charge in [0.05, 0.1) is 27.2 Å². The maximum atomic E-state index is 13.8. The highest BCUT2D eigenvalue weighted by Gasteiger charge is 2.49. The predicted molar refractivity (Wildman–Crippen MR) is 122 cm³/mol. The van der Waals surface area contributed by atoms with Crippen molar-refractivity contribution in [3.63, 3.8) is 0 Å². The minimum atomic E-state index is -4.14. The Kier molecular flexibility index (Phi) is 6.49. The fourth-order valence-corrected chi connectivity index (χ4v) is 7.08. The summed E-state index contributed by atoms with van der Waals surface area (Å²) in [5, 5.41) is 9.52. The van der Waals surface area contributed by atoms with Crippen molar-refractivity contribution in [3.05, 3.63) is 64.9 Å². The summed E-state index contributed by atoms with van der Waals surface area (Å²) in [5.41, 5.74) is 0.728. The number of benzene rings is 1. The van der Waals surface area contributed by atoms with Crippen LogP contribution in [0.15, 0.2) is 54.1 Å². The van der Waals surface area contributed by atoms with E-state index in [0.29, 0.717) is 19.4 Å². The molecule has 10 heteroatoms. The van der Waals surface area contributed by atoms with Gasteiger partial charge in [-0.25, -0.2) is 8.42 Å². The number of nitrogens with zero attached hydrogens (tertiary/aromatic N) is 3. The third kappa shape index (κ3) is 4.12. The van der Waals surface area contributed by atoms with Crippen molar-refractivity contribution in [2.75, 3.05) is 6.54 Å². The number of aromatic nitrogens is 1. The highest BCUT2D eigenvalue weighted by molar-refractivity contribution is 7.89. The molecule has 1 aromatic heterocycles. The lowest BCUT2D eigenvalue weighted by Gasteiger charge is -2.40. The average Bonchev–Trinajstić information content (AvgIpc) is 2.85. The van der Waals surface area contributed by atoms with Crippen molar-refractivity contribution >= 4 is 39.1 Å². The van der Waals surface area contributed by atoms with E-state index < -0.39 is 22.1 Å². The van der Waals surface area contributed by atoms with E-state index in [0.717, 1.165) is 24.2 Å². The van der Waals surface area contributed by atoms with Crippen molar-refractivity contribution in [1.82, 2.24) is 14.2 Å². The molecule has 32 heavy (non-hydrogen) atoms. The Bertz CT molecular complexity index is 1120. The van der Waals surface area contributed by atoms with Crippen LogP contribution in [0.4, 0.5) is 0 Å². The molecular formula is C22H23Cl2N3O4S. The number of amides is 1. The number of rotatable bonds is 5. The molecule has 2 aliphatic rings. The SMILES string of the molecule is C=C[C@H]1CN(Cc2ccccn2)C(=O)C2CCCC1N2S(=O)(=O)c1cc(Cl)c(O)c(Cl)c1. The fourth-order valence-electron chi connectivity index (χ4n) is 4.54. The number of phenols is 1. The minimum Gasteiger partial charge on any atom is -0.505 e. The van der Waals surface area contributed by atoms with Gasteiger partial charge in [-0.3, -0.25) is 9.78 Å². The number of sulfonamides is 1. The van der Waals surface area contributed by atoms with Gasteiger partial charge in [0.15, 0.2) is 5.75 Å². The van der Waals surface area contributed by atoms with Gasteiger partial charge in [-0.2, -0.15) is 4.31 Å². The molecule has 0 spiro atoms. The van der Waals surface area contributed by atoms with E-state index in [1.807, 2.05) is 12.1 Å². The standard InChI is InChI=1S/C22H23Cl2N3O4S/c1-2-14-12-26(13-15-6-3-4-9-25-15)22(29)20-8-5-7-19(14)27(20)32(30,31)16-10-17(23)21(28)18(24)11-16/h2-4,6,9-11,14,19-20,28H,1,5,7-8,12-13H2/t14-,19?,20?/m0/s1. The van der Waals surface area contributed by atoms with Crippen LogP contribution in [0.25, 0.3) is 0 Å². The molecule has 1 N–H and O–H groups in total. The van der Waals surface area contributed by atoms with Crippen LogP contribution >= 0.6 is 23.2 Å². The van der Waals surface area contributed by atoms with E-state index in [-0.39, 0.29) is 39.1 Å². The first-order valence-corrected chi connectivity index (χ1v) is 12.5. The van der Waals surface area contributed by atoms with Crippen molar-refractivity contribution < 1.29 is 18.3 Å². The zero-order valence-corrected chi connectivity index (χ0v) is 19.5. The zero-order valence-electron chi connectivity index (χ0n) is 17.2. The van der Waals surface area contributed by atoms with Gasteiger partial charge in [0, 0.05) is 24.7 Å². The topological polar surface area (TPSA) is 90.8 Å². The smallest absolute Gasteiger partial charge is 0.244 e. The number of phenolic OH excluding ortho intramolecular Hbond substituents is 1. The number of piperidine rings is 1. The van der Waals surface area contributed by atoms with Gasteiger partial charge in [0.25, 0.3) is 0 Å². The molecule has 3 heterocycles. The molecule has 2 aromatic rings. The molecule has 7 nitrogen and oxygen atoms in total. The molecule has 2 unspecified atom stereocenters. The molecular weight excluding hydrogens is 473 g/mol. The summed E-state index contributed by atoms with van der Waals surface area (Å²) in [5.74, 6) is -0.903. The number of hydrogen-bond acceptors (Lipinski definition) is 5. The van der Waals surface area contributed by atoms with Gasteiger partial charge in [0.1, 0.15) is 6.04 Å². The Morgan fingerprint density at radius 3 is 2.56 bits per heavy atom. The second-order valence-corrected chi connectivity index (χ2v) is 10.7. The average molecular weight is 496 g/mol. The molecule has 2 saturated heterocycles. The van der Waals surface area contributed by atoms with E-state index in [9.17, 15) is 18.3 Å². The Hall–Kier alpha value is -2.13. The lowest BCUT2D eigenvalue weighted by molar-refractivity contribution is -0.135. The van der Waals surface area contributed by atoms with Crippen LogP contribution < -0.4 is 0 Å². The summed E-state index contributed by atoms with van der Waals surface area (Å²) in [4.78, 5) is 19.4. The van der Waals surface area contributed by atoms with Crippen LogP contribution in [-0.2, 0) is 21.4 Å². The molecule has 1 aromatic carbocycles. The maximum Gasteiger partial charge on any atom is 0.244 e. The van der Waals surface area contributed by atoms with Crippen LogP contribution in [0, 0.1) is 5.92 Å². The van der Waals surface area contributed by atoms with Crippen molar-refractivity contribution in [3.8, 4) is 5.75 Å². The summed E-state index contributed by atoms with van der Waals surface area (Å²) in [7, 11) is -4.14. The van der Waals surface area contributed by atoms with Gasteiger partial charge < -0.3 is 10.0 Å². The van der Waals surface area contributed by atoms with Gasteiger partial charge >= 0.3 is 0 Å². The molecule has 2 bridgehead atoms. The zero-order chi connectivity index (χ0) is 23.0. The molecule has 1 amide bonds. The summed E-state index contributed by atoms with van der Waals surface area (Å²) in [6.07, 6.45) is 5.13. The number of aromatic hydroxyl groups is 1. The molecule has 2 aliphatic heterocycles. The van der Waals surface area contributed by atoms with E-state index in [2.05, 4.69) is 11.6 Å². The molecule has 0 aliphatic carbocycles. The number of pyridine rings is 1. The Morgan fingerprint density at radius 2 is 1.94 bits per heavy atom. The number of carbonyl (C=O) groups is 1. The second kappa shape index (κ2) is 9.02. The maximum absolute atomic E-state index is 13.8. The highest BCUT2D eigenvalue weighted by Crippen LogP contribution is 2.40. The number of hydrogen-bond donors (Lipinski definition) is 1. The number of fused-ring (bicyclic) bond motifs is 2. The lowest BCUT2D eigenvalue weighted by Crippen LogP contribution is -2.54. The van der Waals surface area contributed by atoms with Crippen molar-refractivity contribution in [1.29, 1.82) is 0 Å². The number of halogens is 2. The second-order valence-electron chi connectivity index (χ2n) is 8.02. The highest BCUT2D eigenvalue weighted by atomic mass is 35.5. The van der Waals surface area contributed by atoms with Gasteiger partial charge in [0.2, 0.25) is 15.9 Å². The van der Waals surface area contributed by atoms with Crippen molar-refractivity contribution in [2.24, 2.45) is 5.92 Å². The quantitative estimate of drug-likeness (QED) is 0.636. The summed E-state index contributed by atoms with van der Waals surface area (Å²) in [6.45, 7) is 4.56. The van der Waals surface area contributed by atoms with Crippen LogP contribution in [0.1, 0.15) is 25.0 Å². The summed E-state index contributed by atoms with van der Waals surface area (Å²) < 4.78 is 28.8. The Labute approximate surface area is 197 Å². The first kappa shape index (κ1) is 23.0. The Morgan fingerprint density at radius 1 is 1.22 bits per heavy atom. The first-order valence-electron chi connectivity index (χ1n) is 10.3. The lowest BCUT2D eigenvalue weighted by atomic mass is 9.90. The van der Waals surface area contributed by atoms with E-state index in [1.54, 1.807) is 23.2 Å². The molecule has 170 valence electrons. The summed E-state index contributed by atoms with van der Waals surface area (Å²) >= 11 is 12.0. The third-order valence-corrected chi connectivity index (χ3v) is 8.57. The molecule has 2 fully saturated rings. The van der Waals surface area contributed by atoms with Gasteiger partial charge in [-0.15, -0.1) is 6.58 Å². The largest absolute Gasteiger partial charge is 0.505 e. The van der Waals surface area contributed by atoms with Crippen LogP contribution in [-0.4, -0.2) is 52.2 Å². The van der Waals surface area contributed by atoms with Crippen LogP contribution in [0.2, 0.25) is 10.0 Å². The minimum absolute atomic E-state index is 0.156. The van der Waals surface area contributed by atoms with E-state index >= 15 is 0 Å². The van der Waals surface area contributed by atoms with E-state index in [4.69, 9.17) is 23.2 Å². The molecule has 0 saturated carbocycles. The number of carbonyl (C=O) groups excluding carboxylic acids is 1. The predicted octanol–water partition coefficient (Wildman–Crippen LogP) is 3.85. The monoisotopic (exact) mass is 495 g/mol. The molecule has 0 radical (unpaired) electrons. The van der Waals surface area contributed by atoms with Crippen molar-refractivity contribution in [2.45, 2.75) is 42.8 Å². The van der Waals surface area contributed by atoms with Gasteiger partial charge in [-0.1, -0.05) is 35.3 Å². The van der Waals surface area contributed by atoms with Gasteiger partial charge in [-0.05, 0) is 43.5 Å². The van der Waals surface area contributed by atoms with Crippen LogP contribution in [0.5, 0.6) is 5.75 Å². The normalized spacial score (nSPS) is 24.2. The third-order valence-electron chi connectivity index (χ3n) is 6.08. The first-order chi connectivity index (χ1) is 15.2.